The third-order valence-corrected chi connectivity index (χ3v) is 5.18. The molecule has 0 saturated carbocycles. The first-order valence-corrected chi connectivity index (χ1v) is 7.76. The summed E-state index contributed by atoms with van der Waals surface area (Å²) in [5, 5.41) is 2.60. The van der Waals surface area contributed by atoms with Crippen molar-refractivity contribution in [2.75, 3.05) is 14.2 Å². The first-order valence-electron chi connectivity index (χ1n) is 7.76. The lowest BCUT2D eigenvalue weighted by Gasteiger charge is -2.31. The molecule has 0 radical (unpaired) electrons. The molecule has 2 bridgehead atoms. The fourth-order valence-electron chi connectivity index (χ4n) is 3.98. The van der Waals surface area contributed by atoms with Gasteiger partial charge in [-0.25, -0.2) is 0 Å². The Labute approximate surface area is 126 Å². The summed E-state index contributed by atoms with van der Waals surface area (Å²) in [7, 11) is 4.04. The number of nitrogens with zero attached hydrogens (tertiary/aromatic N) is 1. The molecule has 2 aliphatic heterocycles. The number of hydrogen-bond acceptors (Lipinski definition) is 2. The third-order valence-electron chi connectivity index (χ3n) is 5.18. The summed E-state index contributed by atoms with van der Waals surface area (Å²) >= 11 is 0. The summed E-state index contributed by atoms with van der Waals surface area (Å²) in [5.41, 5.74) is 2.77. The van der Waals surface area contributed by atoms with Gasteiger partial charge in [0.05, 0.1) is 7.11 Å². The zero-order valence-electron chi connectivity index (χ0n) is 12.7. The normalized spacial score (nSPS) is 25.1. The molecule has 0 amide bonds. The van der Waals surface area contributed by atoms with Gasteiger partial charge in [0.25, 0.3) is 0 Å². The maximum atomic E-state index is 5.67. The topological polar surface area (TPSA) is 12.5 Å². The van der Waals surface area contributed by atoms with Crippen molar-refractivity contribution in [2.45, 2.75) is 31.3 Å². The molecule has 0 N–H and O–H groups in total. The number of hydrogen-bond donors (Lipinski definition) is 0. The Morgan fingerprint density at radius 2 is 1.95 bits per heavy atom. The molecule has 2 aromatic carbocycles. The summed E-state index contributed by atoms with van der Waals surface area (Å²) in [6.45, 7) is 0. The Hall–Kier alpha value is -1.80. The SMILES string of the molecule is COc1ccc2ccccc2c1C1=CC2CCC(C1)N2C. The van der Waals surface area contributed by atoms with Crippen LogP contribution >= 0.6 is 0 Å². The Morgan fingerprint density at radius 3 is 2.76 bits per heavy atom. The van der Waals surface area contributed by atoms with E-state index < -0.39 is 0 Å². The van der Waals surface area contributed by atoms with Crippen LogP contribution in [0.3, 0.4) is 0 Å². The molecule has 21 heavy (non-hydrogen) atoms. The molecular formula is C19H21NO. The van der Waals surface area contributed by atoms with Crippen molar-refractivity contribution >= 4 is 16.3 Å². The molecule has 2 atom stereocenters. The lowest BCUT2D eigenvalue weighted by atomic mass is 9.90. The summed E-state index contributed by atoms with van der Waals surface area (Å²) < 4.78 is 5.67. The molecule has 0 spiro atoms. The zero-order chi connectivity index (χ0) is 14.4. The Balaban J connectivity index is 1.92. The molecule has 0 aliphatic carbocycles. The number of fused-ring (bicyclic) bond motifs is 3. The molecule has 2 heteroatoms. The van der Waals surface area contributed by atoms with Gasteiger partial charge in [-0.3, -0.25) is 4.90 Å². The summed E-state index contributed by atoms with van der Waals surface area (Å²) in [6, 6.07) is 14.2. The summed E-state index contributed by atoms with van der Waals surface area (Å²) in [6.07, 6.45) is 6.21. The van der Waals surface area contributed by atoms with Crippen LogP contribution in [0.1, 0.15) is 24.8 Å². The van der Waals surface area contributed by atoms with Crippen LogP contribution in [-0.4, -0.2) is 31.1 Å². The van der Waals surface area contributed by atoms with Crippen molar-refractivity contribution in [3.05, 3.63) is 48.0 Å². The number of ether oxygens (including phenoxy) is 1. The van der Waals surface area contributed by atoms with Crippen LogP contribution in [0.4, 0.5) is 0 Å². The molecular weight excluding hydrogens is 258 g/mol. The fraction of sp³-hybridized carbons (Fsp3) is 0.368. The van der Waals surface area contributed by atoms with Crippen LogP contribution < -0.4 is 4.74 Å². The largest absolute Gasteiger partial charge is 0.496 e. The molecule has 2 aromatic rings. The predicted molar refractivity (Wildman–Crippen MR) is 87.7 cm³/mol. The van der Waals surface area contributed by atoms with Crippen LogP contribution in [0, 0.1) is 0 Å². The Bertz CT molecular complexity index is 719. The first-order chi connectivity index (χ1) is 10.3. The Kier molecular flexibility index (Phi) is 3.00. The van der Waals surface area contributed by atoms with Crippen molar-refractivity contribution < 1.29 is 4.74 Å². The van der Waals surface area contributed by atoms with E-state index in [4.69, 9.17) is 4.74 Å². The highest BCUT2D eigenvalue weighted by molar-refractivity contribution is 5.97. The highest BCUT2D eigenvalue weighted by atomic mass is 16.5. The monoisotopic (exact) mass is 279 g/mol. The highest BCUT2D eigenvalue weighted by Gasteiger charge is 2.34. The molecule has 108 valence electrons. The molecule has 2 nitrogen and oxygen atoms in total. The van der Waals surface area contributed by atoms with Crippen LogP contribution in [0.2, 0.25) is 0 Å². The van der Waals surface area contributed by atoms with E-state index in [0.29, 0.717) is 12.1 Å². The van der Waals surface area contributed by atoms with Crippen LogP contribution in [0.15, 0.2) is 42.5 Å². The average molecular weight is 279 g/mol. The van der Waals surface area contributed by atoms with Gasteiger partial charge in [-0.15, -0.1) is 0 Å². The van der Waals surface area contributed by atoms with Gasteiger partial charge >= 0.3 is 0 Å². The average Bonchev–Trinajstić information content (AvgIpc) is 2.75. The van der Waals surface area contributed by atoms with Crippen LogP contribution in [0.5, 0.6) is 5.75 Å². The van der Waals surface area contributed by atoms with Crippen molar-refractivity contribution in [1.82, 2.24) is 4.90 Å². The van der Waals surface area contributed by atoms with Gasteiger partial charge in [0, 0.05) is 17.6 Å². The molecule has 4 rings (SSSR count). The minimum absolute atomic E-state index is 0.599. The minimum Gasteiger partial charge on any atom is -0.496 e. The minimum atomic E-state index is 0.599. The van der Waals surface area contributed by atoms with E-state index in [9.17, 15) is 0 Å². The van der Waals surface area contributed by atoms with Crippen molar-refractivity contribution in [3.63, 3.8) is 0 Å². The second kappa shape index (κ2) is 4.88. The molecule has 1 saturated heterocycles. The van der Waals surface area contributed by atoms with E-state index >= 15 is 0 Å². The van der Waals surface area contributed by atoms with Crippen molar-refractivity contribution in [3.8, 4) is 5.75 Å². The summed E-state index contributed by atoms with van der Waals surface area (Å²) in [5.74, 6) is 1.00. The maximum absolute atomic E-state index is 5.67. The van der Waals surface area contributed by atoms with Crippen LogP contribution in [-0.2, 0) is 0 Å². The summed E-state index contributed by atoms with van der Waals surface area (Å²) in [4.78, 5) is 2.53. The van der Waals surface area contributed by atoms with E-state index in [2.05, 4.69) is 54.4 Å². The molecule has 0 aromatic heterocycles. The van der Waals surface area contributed by atoms with E-state index in [1.807, 2.05) is 0 Å². The number of rotatable bonds is 2. The van der Waals surface area contributed by atoms with E-state index in [0.717, 1.165) is 12.2 Å². The van der Waals surface area contributed by atoms with Crippen molar-refractivity contribution in [1.29, 1.82) is 0 Å². The van der Waals surface area contributed by atoms with Crippen molar-refractivity contribution in [2.24, 2.45) is 0 Å². The fourth-order valence-corrected chi connectivity index (χ4v) is 3.98. The lowest BCUT2D eigenvalue weighted by molar-refractivity contribution is 0.264. The first kappa shape index (κ1) is 12.9. The van der Waals surface area contributed by atoms with Gasteiger partial charge in [0.2, 0.25) is 0 Å². The van der Waals surface area contributed by atoms with E-state index in [1.165, 1.54) is 34.8 Å². The van der Waals surface area contributed by atoms with Gasteiger partial charge in [-0.05, 0) is 48.7 Å². The molecule has 2 unspecified atom stereocenters. The van der Waals surface area contributed by atoms with E-state index in [-0.39, 0.29) is 0 Å². The predicted octanol–water partition coefficient (Wildman–Crippen LogP) is 4.10. The second-order valence-corrected chi connectivity index (χ2v) is 6.22. The number of likely N-dealkylation sites (N-methyl/N-ethyl adjacent to an activating group) is 1. The maximum Gasteiger partial charge on any atom is 0.126 e. The smallest absolute Gasteiger partial charge is 0.126 e. The number of benzene rings is 2. The molecule has 1 fully saturated rings. The lowest BCUT2D eigenvalue weighted by Crippen LogP contribution is -2.34. The van der Waals surface area contributed by atoms with Gasteiger partial charge in [-0.2, -0.15) is 0 Å². The van der Waals surface area contributed by atoms with E-state index in [1.54, 1.807) is 7.11 Å². The van der Waals surface area contributed by atoms with Gasteiger partial charge in [-0.1, -0.05) is 36.4 Å². The second-order valence-electron chi connectivity index (χ2n) is 6.22. The molecule has 2 aliphatic rings. The van der Waals surface area contributed by atoms with Gasteiger partial charge in [0.15, 0.2) is 0 Å². The van der Waals surface area contributed by atoms with Gasteiger partial charge in [0.1, 0.15) is 5.75 Å². The van der Waals surface area contributed by atoms with Crippen LogP contribution in [0.25, 0.3) is 16.3 Å². The number of methoxy groups -OCH3 is 1. The highest BCUT2D eigenvalue weighted by Crippen LogP contribution is 2.42. The molecule has 2 heterocycles. The quantitative estimate of drug-likeness (QED) is 0.820. The third kappa shape index (κ3) is 1.97. The van der Waals surface area contributed by atoms with Gasteiger partial charge < -0.3 is 4.74 Å². The standard InChI is InChI=1S/C19H21NO/c1-20-15-8-9-16(20)12-14(11-15)19-17-6-4-3-5-13(17)7-10-18(19)21-2/h3-7,10-11,15-16H,8-9,12H2,1-2H3. The Morgan fingerprint density at radius 1 is 1.10 bits per heavy atom. The zero-order valence-corrected chi connectivity index (χ0v) is 12.7.